The summed E-state index contributed by atoms with van der Waals surface area (Å²) in [6.45, 7) is -0.0491. The van der Waals surface area contributed by atoms with Crippen molar-refractivity contribution in [3.63, 3.8) is 0 Å². The number of hydrogen-bond acceptors (Lipinski definition) is 8. The molecular weight excluding hydrogens is 442 g/mol. The maximum atomic E-state index is 12.6. The lowest BCUT2D eigenvalue weighted by Crippen LogP contribution is -2.25. The number of hydrogen-bond donors (Lipinski definition) is 3. The van der Waals surface area contributed by atoms with Crippen LogP contribution in [-0.4, -0.2) is 33.5 Å². The number of benzene rings is 1. The van der Waals surface area contributed by atoms with Crippen molar-refractivity contribution < 1.29 is 19.2 Å². The van der Waals surface area contributed by atoms with Crippen LogP contribution in [0.3, 0.4) is 0 Å². The fourth-order valence-electron chi connectivity index (χ4n) is 3.09. The topological polar surface area (TPSA) is 139 Å². The van der Waals surface area contributed by atoms with Gasteiger partial charge in [0.2, 0.25) is 0 Å². The Morgan fingerprint density at radius 2 is 2.16 bits per heavy atom. The second-order valence-electron chi connectivity index (χ2n) is 7.07. The first-order valence-electron chi connectivity index (χ1n) is 9.35. The molecule has 3 N–H and O–H groups in total. The van der Waals surface area contributed by atoms with Crippen molar-refractivity contribution in [2.45, 2.75) is 27.9 Å². The summed E-state index contributed by atoms with van der Waals surface area (Å²) in [7, 11) is 0. The van der Waals surface area contributed by atoms with Crippen LogP contribution in [0.15, 0.2) is 39.4 Å². The van der Waals surface area contributed by atoms with Gasteiger partial charge >= 0.3 is 0 Å². The maximum Gasteiger partial charge on any atom is 0.294 e. The normalized spacial score (nSPS) is 15.0. The van der Waals surface area contributed by atoms with Crippen molar-refractivity contribution >= 4 is 52.1 Å². The van der Waals surface area contributed by atoms with Gasteiger partial charge in [-0.2, -0.15) is 5.10 Å². The van der Waals surface area contributed by atoms with Gasteiger partial charge < -0.3 is 15.4 Å². The summed E-state index contributed by atoms with van der Waals surface area (Å²) in [5, 5.41) is 23.9. The summed E-state index contributed by atoms with van der Waals surface area (Å²) in [5.41, 5.74) is 1.33. The molecule has 1 saturated carbocycles. The van der Waals surface area contributed by atoms with Gasteiger partial charge in [0.25, 0.3) is 17.5 Å². The van der Waals surface area contributed by atoms with Crippen LogP contribution in [0.2, 0.25) is 0 Å². The highest BCUT2D eigenvalue weighted by Crippen LogP contribution is 2.44. The van der Waals surface area contributed by atoms with Gasteiger partial charge in [-0.25, -0.2) is 0 Å². The zero-order valence-electron chi connectivity index (χ0n) is 15.8. The number of amides is 2. The molecule has 12 heteroatoms. The van der Waals surface area contributed by atoms with Gasteiger partial charge in [-0.3, -0.25) is 24.8 Å². The highest BCUT2D eigenvalue weighted by Gasteiger charge is 2.27. The lowest BCUT2D eigenvalue weighted by Gasteiger charge is -2.18. The van der Waals surface area contributed by atoms with Gasteiger partial charge in [-0.05, 0) is 31.0 Å². The lowest BCUT2D eigenvalue weighted by molar-refractivity contribution is -0.387. The van der Waals surface area contributed by atoms with Gasteiger partial charge in [-0.15, -0.1) is 11.3 Å². The number of H-pyrrole nitrogens is 1. The number of rotatable bonds is 6. The zero-order chi connectivity index (χ0) is 21.5. The van der Waals surface area contributed by atoms with Gasteiger partial charge in [-0.1, -0.05) is 11.8 Å². The Hall–Kier alpha value is -3.38. The SMILES string of the molecule is O=C1COc2ccc(Sc3sc(C(=O)Nc4cc(C5CC5)[nH]n4)cc3[N+](=O)[O-])cc2N1. The van der Waals surface area contributed by atoms with E-state index in [1.807, 2.05) is 0 Å². The molecule has 1 aliphatic heterocycles. The Bertz CT molecular complexity index is 1220. The smallest absolute Gasteiger partial charge is 0.294 e. The summed E-state index contributed by atoms with van der Waals surface area (Å²) in [6, 6.07) is 8.17. The molecule has 3 aromatic rings. The van der Waals surface area contributed by atoms with Crippen molar-refractivity contribution in [2.75, 3.05) is 17.2 Å². The Morgan fingerprint density at radius 1 is 1.32 bits per heavy atom. The zero-order valence-corrected chi connectivity index (χ0v) is 17.5. The van der Waals surface area contributed by atoms with Crippen molar-refractivity contribution in [2.24, 2.45) is 0 Å². The second-order valence-corrected chi connectivity index (χ2v) is 9.47. The van der Waals surface area contributed by atoms with Crippen LogP contribution < -0.4 is 15.4 Å². The van der Waals surface area contributed by atoms with E-state index < -0.39 is 10.8 Å². The Balaban J connectivity index is 1.36. The third-order valence-corrected chi connectivity index (χ3v) is 7.05. The predicted molar refractivity (Wildman–Crippen MR) is 114 cm³/mol. The molecule has 2 aliphatic rings. The van der Waals surface area contributed by atoms with Crippen LogP contribution in [0.1, 0.15) is 34.1 Å². The van der Waals surface area contributed by atoms with Crippen molar-refractivity contribution in [1.29, 1.82) is 0 Å². The number of nitrogens with one attached hydrogen (secondary N) is 3. The number of nitrogens with zero attached hydrogens (tertiary/aromatic N) is 2. The molecule has 2 aromatic heterocycles. The molecule has 158 valence electrons. The molecule has 31 heavy (non-hydrogen) atoms. The summed E-state index contributed by atoms with van der Waals surface area (Å²) >= 11 is 2.17. The van der Waals surface area contributed by atoms with Gasteiger partial charge in [0, 0.05) is 28.6 Å². The molecule has 0 spiro atoms. The molecule has 1 fully saturated rings. The molecule has 1 aromatic carbocycles. The molecule has 10 nitrogen and oxygen atoms in total. The second kappa shape index (κ2) is 7.71. The van der Waals surface area contributed by atoms with Gasteiger partial charge in [0.05, 0.1) is 10.6 Å². The minimum Gasteiger partial charge on any atom is -0.482 e. The number of fused-ring (bicyclic) bond motifs is 1. The fraction of sp³-hybridized carbons (Fsp3) is 0.211. The summed E-state index contributed by atoms with van der Waals surface area (Å²) < 4.78 is 5.69. The van der Waals surface area contributed by atoms with E-state index in [-0.39, 0.29) is 23.1 Å². The molecule has 3 heterocycles. The van der Waals surface area contributed by atoms with E-state index in [9.17, 15) is 19.7 Å². The number of thiophene rings is 1. The van der Waals surface area contributed by atoms with E-state index in [1.165, 1.54) is 6.07 Å². The van der Waals surface area contributed by atoms with Crippen LogP contribution in [0, 0.1) is 10.1 Å². The lowest BCUT2D eigenvalue weighted by atomic mass is 10.2. The van der Waals surface area contributed by atoms with Crippen LogP contribution in [0.5, 0.6) is 5.75 Å². The molecule has 0 saturated heterocycles. The van der Waals surface area contributed by atoms with E-state index in [2.05, 4.69) is 20.8 Å². The number of carbonyl (C=O) groups excluding carboxylic acids is 2. The number of aromatic nitrogens is 2. The highest BCUT2D eigenvalue weighted by molar-refractivity contribution is 8.01. The highest BCUT2D eigenvalue weighted by atomic mass is 32.2. The van der Waals surface area contributed by atoms with Crippen LogP contribution in [0.4, 0.5) is 17.2 Å². The van der Waals surface area contributed by atoms with Crippen molar-refractivity contribution in [3.8, 4) is 5.75 Å². The largest absolute Gasteiger partial charge is 0.482 e. The van der Waals surface area contributed by atoms with Crippen LogP contribution >= 0.6 is 23.1 Å². The quantitative estimate of drug-likeness (QED) is 0.376. The number of ether oxygens (including phenoxy) is 1. The molecule has 0 radical (unpaired) electrons. The van der Waals surface area contributed by atoms with Crippen LogP contribution in [-0.2, 0) is 4.79 Å². The molecule has 0 bridgehead atoms. The average Bonchev–Trinajstić information content (AvgIpc) is 3.33. The standard InChI is InChI=1S/C19H15N5O5S2/c25-17-8-29-14-4-3-10(5-12(14)20-17)30-19-13(24(27)28)7-15(31-19)18(26)21-16-6-11(22-23-16)9-1-2-9/h3-7,9H,1-2,8H2,(H,20,25)(H2,21,22,23,26). The predicted octanol–water partition coefficient (Wildman–Crippen LogP) is 3.99. The van der Waals surface area contributed by atoms with Gasteiger partial charge in [0.15, 0.2) is 12.4 Å². The Labute approximate surface area is 183 Å². The first-order valence-corrected chi connectivity index (χ1v) is 11.0. The fourth-order valence-corrected chi connectivity index (χ4v) is 5.33. The van der Waals surface area contributed by atoms with Crippen molar-refractivity contribution in [3.05, 3.63) is 51.0 Å². The molecule has 1 aliphatic carbocycles. The molecule has 2 amide bonds. The summed E-state index contributed by atoms with van der Waals surface area (Å²) in [5.74, 6) is 0.673. The molecule has 0 unspecified atom stereocenters. The minimum absolute atomic E-state index is 0.0491. The van der Waals surface area contributed by atoms with E-state index in [4.69, 9.17) is 4.74 Å². The Kier molecular flexibility index (Phi) is 4.87. The third kappa shape index (κ3) is 4.11. The van der Waals surface area contributed by atoms with Gasteiger partial charge in [0.1, 0.15) is 14.8 Å². The first kappa shape index (κ1) is 19.6. The number of carbonyl (C=O) groups is 2. The molecule has 5 rings (SSSR count). The van der Waals surface area contributed by atoms with E-state index in [1.54, 1.807) is 24.3 Å². The number of nitro groups is 1. The van der Waals surface area contributed by atoms with E-state index in [0.717, 1.165) is 41.6 Å². The number of aromatic amines is 1. The monoisotopic (exact) mass is 457 g/mol. The average molecular weight is 457 g/mol. The molecular formula is C19H15N5O5S2. The van der Waals surface area contributed by atoms with Crippen molar-refractivity contribution in [1.82, 2.24) is 10.2 Å². The maximum absolute atomic E-state index is 12.6. The summed E-state index contributed by atoms with van der Waals surface area (Å²) in [6.07, 6.45) is 2.21. The van der Waals surface area contributed by atoms with E-state index >= 15 is 0 Å². The Morgan fingerprint density at radius 3 is 2.94 bits per heavy atom. The van der Waals surface area contributed by atoms with E-state index in [0.29, 0.717) is 32.3 Å². The third-order valence-electron chi connectivity index (χ3n) is 4.75. The minimum atomic E-state index is -0.515. The first-order chi connectivity index (χ1) is 15.0. The van der Waals surface area contributed by atoms with Crippen LogP contribution in [0.25, 0.3) is 0 Å². The molecule has 0 atom stereocenters. The summed E-state index contributed by atoms with van der Waals surface area (Å²) in [4.78, 5) is 36.1. The number of anilines is 2.